The van der Waals surface area contributed by atoms with Gasteiger partial charge in [-0.2, -0.15) is 0 Å². The minimum absolute atomic E-state index is 0.0443. The minimum atomic E-state index is -3.71. The van der Waals surface area contributed by atoms with E-state index in [1.165, 1.54) is 12.1 Å². The molecule has 114 valence electrons. The highest BCUT2D eigenvalue weighted by Crippen LogP contribution is 2.26. The summed E-state index contributed by atoms with van der Waals surface area (Å²) in [5, 5.41) is 5.11. The Bertz CT molecular complexity index is 543. The first-order valence-corrected chi connectivity index (χ1v) is 8.12. The Hall–Kier alpha value is -1.31. The van der Waals surface area contributed by atoms with Crippen LogP contribution in [0.25, 0.3) is 0 Å². The van der Waals surface area contributed by atoms with Gasteiger partial charge in [0, 0.05) is 19.6 Å². The van der Waals surface area contributed by atoms with Crippen molar-refractivity contribution in [2.45, 2.75) is 18.2 Å². The number of likely N-dealkylation sites (N-methyl/N-ethyl adjacent to an activating group) is 1. The normalized spacial score (nSPS) is 11.8. The fourth-order valence-corrected chi connectivity index (χ4v) is 2.49. The van der Waals surface area contributed by atoms with Gasteiger partial charge in [-0.15, -0.1) is 0 Å². The van der Waals surface area contributed by atoms with Crippen LogP contribution in [0.15, 0.2) is 23.1 Å². The minimum Gasteiger partial charge on any atom is -0.397 e. The van der Waals surface area contributed by atoms with Crippen molar-refractivity contribution in [3.63, 3.8) is 0 Å². The Labute approximate surface area is 121 Å². The molecular formula is C13H24N4O2S. The van der Waals surface area contributed by atoms with Gasteiger partial charge in [-0.1, -0.05) is 6.92 Å². The van der Waals surface area contributed by atoms with Gasteiger partial charge in [0.1, 0.15) is 0 Å². The van der Waals surface area contributed by atoms with Gasteiger partial charge in [-0.3, -0.25) is 0 Å². The molecule has 0 atom stereocenters. The van der Waals surface area contributed by atoms with Crippen LogP contribution in [0.2, 0.25) is 0 Å². The topological polar surface area (TPSA) is 92.7 Å². The van der Waals surface area contributed by atoms with Gasteiger partial charge in [0.2, 0.25) is 10.0 Å². The van der Waals surface area contributed by atoms with Crippen LogP contribution in [0.1, 0.15) is 13.3 Å². The average molecular weight is 300 g/mol. The summed E-state index contributed by atoms with van der Waals surface area (Å²) in [5.74, 6) is 0. The van der Waals surface area contributed by atoms with Crippen LogP contribution in [-0.2, 0) is 10.0 Å². The van der Waals surface area contributed by atoms with Crippen molar-refractivity contribution < 1.29 is 8.42 Å². The van der Waals surface area contributed by atoms with E-state index in [0.717, 1.165) is 31.7 Å². The number of anilines is 2. The number of hydrogen-bond acceptors (Lipinski definition) is 5. The van der Waals surface area contributed by atoms with E-state index in [9.17, 15) is 8.42 Å². The van der Waals surface area contributed by atoms with E-state index < -0.39 is 10.0 Å². The van der Waals surface area contributed by atoms with Crippen molar-refractivity contribution in [1.82, 2.24) is 4.90 Å². The lowest BCUT2D eigenvalue weighted by Gasteiger charge is -2.27. The average Bonchev–Trinajstić information content (AvgIpc) is 2.33. The molecule has 0 saturated heterocycles. The summed E-state index contributed by atoms with van der Waals surface area (Å²) in [5.41, 5.74) is 7.26. The van der Waals surface area contributed by atoms with Gasteiger partial charge in [0.25, 0.3) is 0 Å². The predicted molar refractivity (Wildman–Crippen MR) is 83.3 cm³/mol. The maximum Gasteiger partial charge on any atom is 0.238 e. The summed E-state index contributed by atoms with van der Waals surface area (Å²) < 4.78 is 22.6. The standard InChI is InChI=1S/C13H24N4O2S/c1-4-7-17(9-8-16(2)3)13-6-5-11(10-12(13)14)20(15,18)19/h5-6,10H,4,7-9,14H2,1-3H3,(H2,15,18,19). The number of sulfonamides is 1. The fourth-order valence-electron chi connectivity index (χ4n) is 1.94. The first-order valence-electron chi connectivity index (χ1n) is 6.57. The molecule has 0 spiro atoms. The van der Waals surface area contributed by atoms with E-state index in [1.54, 1.807) is 6.07 Å². The van der Waals surface area contributed by atoms with E-state index in [2.05, 4.69) is 16.7 Å². The molecular weight excluding hydrogens is 276 g/mol. The molecule has 0 saturated carbocycles. The number of nitrogens with two attached hydrogens (primary N) is 2. The molecule has 20 heavy (non-hydrogen) atoms. The molecule has 0 aromatic heterocycles. The number of hydrogen-bond donors (Lipinski definition) is 2. The van der Waals surface area contributed by atoms with E-state index in [-0.39, 0.29) is 4.90 Å². The van der Waals surface area contributed by atoms with Crippen molar-refractivity contribution in [2.75, 3.05) is 44.4 Å². The summed E-state index contributed by atoms with van der Waals surface area (Å²) in [7, 11) is 0.310. The van der Waals surface area contributed by atoms with Crippen LogP contribution in [-0.4, -0.2) is 47.0 Å². The number of rotatable bonds is 7. The summed E-state index contributed by atoms with van der Waals surface area (Å²) >= 11 is 0. The molecule has 4 N–H and O–H groups in total. The molecule has 6 nitrogen and oxygen atoms in total. The summed E-state index contributed by atoms with van der Waals surface area (Å²) in [6.45, 7) is 4.69. The first-order chi connectivity index (χ1) is 9.25. The van der Waals surface area contributed by atoms with Crippen molar-refractivity contribution >= 4 is 21.4 Å². The predicted octanol–water partition coefficient (Wildman–Crippen LogP) is 0.694. The van der Waals surface area contributed by atoms with E-state index >= 15 is 0 Å². The fraction of sp³-hybridized carbons (Fsp3) is 0.538. The Morgan fingerprint density at radius 2 is 1.80 bits per heavy atom. The zero-order chi connectivity index (χ0) is 15.3. The molecule has 0 heterocycles. The van der Waals surface area contributed by atoms with Gasteiger partial charge in [-0.25, -0.2) is 13.6 Å². The number of nitrogens with zero attached hydrogens (tertiary/aromatic N) is 2. The maximum atomic E-state index is 11.3. The first kappa shape index (κ1) is 16.7. The lowest BCUT2D eigenvalue weighted by atomic mass is 10.2. The molecule has 0 radical (unpaired) electrons. The molecule has 1 aromatic rings. The van der Waals surface area contributed by atoms with Gasteiger partial charge >= 0.3 is 0 Å². The summed E-state index contributed by atoms with van der Waals surface area (Å²) in [4.78, 5) is 4.29. The molecule has 7 heteroatoms. The molecule has 0 amide bonds. The van der Waals surface area contributed by atoms with Gasteiger partial charge < -0.3 is 15.5 Å². The van der Waals surface area contributed by atoms with Crippen LogP contribution in [0.3, 0.4) is 0 Å². The molecule has 0 fully saturated rings. The number of nitrogen functional groups attached to an aromatic ring is 1. The van der Waals surface area contributed by atoms with Gasteiger partial charge in [-0.05, 0) is 38.7 Å². The molecule has 0 aliphatic carbocycles. The number of primary sulfonamides is 1. The highest BCUT2D eigenvalue weighted by atomic mass is 32.2. The van der Waals surface area contributed by atoms with Crippen LogP contribution in [0.5, 0.6) is 0 Å². The molecule has 0 unspecified atom stereocenters. The lowest BCUT2D eigenvalue weighted by Crippen LogP contribution is -2.32. The second-order valence-electron chi connectivity index (χ2n) is 5.06. The highest BCUT2D eigenvalue weighted by Gasteiger charge is 2.14. The van der Waals surface area contributed by atoms with E-state index in [4.69, 9.17) is 10.9 Å². The molecule has 0 aliphatic heterocycles. The monoisotopic (exact) mass is 300 g/mol. The highest BCUT2D eigenvalue weighted by molar-refractivity contribution is 7.89. The Morgan fingerprint density at radius 1 is 1.15 bits per heavy atom. The van der Waals surface area contributed by atoms with Crippen molar-refractivity contribution in [3.8, 4) is 0 Å². The molecule has 0 aliphatic rings. The van der Waals surface area contributed by atoms with Crippen LogP contribution >= 0.6 is 0 Å². The second kappa shape index (κ2) is 6.92. The smallest absolute Gasteiger partial charge is 0.238 e. The van der Waals surface area contributed by atoms with Crippen LogP contribution < -0.4 is 15.8 Å². The Morgan fingerprint density at radius 3 is 2.25 bits per heavy atom. The zero-order valence-corrected chi connectivity index (χ0v) is 13.2. The SMILES string of the molecule is CCCN(CCN(C)C)c1ccc(S(N)(=O)=O)cc1N. The summed E-state index contributed by atoms with van der Waals surface area (Å²) in [6.07, 6.45) is 0.990. The third-order valence-electron chi connectivity index (χ3n) is 2.98. The third-order valence-corrected chi connectivity index (χ3v) is 3.89. The van der Waals surface area contributed by atoms with E-state index in [1.807, 2.05) is 14.1 Å². The largest absolute Gasteiger partial charge is 0.397 e. The zero-order valence-electron chi connectivity index (χ0n) is 12.3. The van der Waals surface area contributed by atoms with Gasteiger partial charge in [0.05, 0.1) is 16.3 Å². The van der Waals surface area contributed by atoms with Crippen molar-refractivity contribution in [1.29, 1.82) is 0 Å². The van der Waals surface area contributed by atoms with Crippen molar-refractivity contribution in [2.24, 2.45) is 5.14 Å². The van der Waals surface area contributed by atoms with Crippen LogP contribution in [0, 0.1) is 0 Å². The third kappa shape index (κ3) is 4.66. The van der Waals surface area contributed by atoms with Crippen molar-refractivity contribution in [3.05, 3.63) is 18.2 Å². The Kier molecular flexibility index (Phi) is 5.79. The maximum absolute atomic E-state index is 11.3. The summed E-state index contributed by atoms with van der Waals surface area (Å²) in [6, 6.07) is 4.64. The van der Waals surface area contributed by atoms with Crippen LogP contribution in [0.4, 0.5) is 11.4 Å². The quantitative estimate of drug-likeness (QED) is 0.723. The molecule has 1 aromatic carbocycles. The molecule has 1 rings (SSSR count). The number of benzene rings is 1. The molecule has 0 bridgehead atoms. The Balaban J connectivity index is 3.02. The lowest BCUT2D eigenvalue weighted by molar-refractivity contribution is 0.413. The van der Waals surface area contributed by atoms with E-state index in [0.29, 0.717) is 5.69 Å². The van der Waals surface area contributed by atoms with Gasteiger partial charge in [0.15, 0.2) is 0 Å². The second-order valence-corrected chi connectivity index (χ2v) is 6.62.